The van der Waals surface area contributed by atoms with E-state index in [9.17, 15) is 4.39 Å². The molecule has 0 N–H and O–H groups in total. The molecule has 1 atom stereocenters. The van der Waals surface area contributed by atoms with Gasteiger partial charge in [-0.05, 0) is 48.4 Å². The second-order valence-electron chi connectivity index (χ2n) is 7.40. The molecule has 6 heteroatoms. The third-order valence-electron chi connectivity index (χ3n) is 5.68. The van der Waals surface area contributed by atoms with Gasteiger partial charge in [0.2, 0.25) is 5.75 Å². The monoisotopic (exact) mass is 410 g/mol. The van der Waals surface area contributed by atoms with E-state index in [1.807, 2.05) is 24.3 Å². The highest BCUT2D eigenvalue weighted by molar-refractivity contribution is 5.58. The molecule has 158 valence electrons. The quantitative estimate of drug-likeness (QED) is 0.593. The summed E-state index contributed by atoms with van der Waals surface area (Å²) < 4.78 is 32.7. The van der Waals surface area contributed by atoms with Crippen molar-refractivity contribution in [3.05, 3.63) is 77.4 Å². The minimum Gasteiger partial charge on any atom is -0.493 e. The topological polar surface area (TPSA) is 35.9 Å². The molecule has 0 saturated carbocycles. The Bertz CT molecular complexity index is 1000. The van der Waals surface area contributed by atoms with Crippen molar-refractivity contribution in [2.75, 3.05) is 27.9 Å². The summed E-state index contributed by atoms with van der Waals surface area (Å²) >= 11 is 0. The Morgan fingerprint density at radius 3 is 2.37 bits per heavy atom. The van der Waals surface area contributed by atoms with Gasteiger partial charge in [-0.3, -0.25) is 4.90 Å². The highest BCUT2D eigenvalue weighted by Crippen LogP contribution is 2.46. The van der Waals surface area contributed by atoms with Crippen LogP contribution in [0.1, 0.15) is 29.3 Å². The zero-order chi connectivity index (χ0) is 21.1. The van der Waals surface area contributed by atoms with E-state index in [1.165, 1.54) is 17.8 Å². The van der Waals surface area contributed by atoms with Gasteiger partial charge in [-0.15, -0.1) is 0 Å². The number of benzene rings is 2. The van der Waals surface area contributed by atoms with Crippen LogP contribution in [0.3, 0.4) is 0 Å². The highest BCUT2D eigenvalue weighted by atomic mass is 19.1. The Labute approximate surface area is 176 Å². The number of nitrogens with zero attached hydrogens (tertiary/aromatic N) is 2. The van der Waals surface area contributed by atoms with Gasteiger partial charge in [0, 0.05) is 37.1 Å². The molecule has 1 aliphatic heterocycles. The average molecular weight is 410 g/mol. The van der Waals surface area contributed by atoms with Crippen molar-refractivity contribution >= 4 is 0 Å². The average Bonchev–Trinajstić information content (AvgIpc) is 3.16. The molecule has 5 nitrogen and oxygen atoms in total. The Kier molecular flexibility index (Phi) is 5.95. The molecular weight excluding hydrogens is 383 g/mol. The minimum atomic E-state index is -0.221. The Morgan fingerprint density at radius 1 is 0.900 bits per heavy atom. The fraction of sp³-hybridized carbons (Fsp3) is 0.333. The molecule has 2 heterocycles. The van der Waals surface area contributed by atoms with Gasteiger partial charge in [-0.1, -0.05) is 12.1 Å². The number of methoxy groups -OCH3 is 3. The van der Waals surface area contributed by atoms with Gasteiger partial charge in [-0.2, -0.15) is 0 Å². The minimum absolute atomic E-state index is 0.0395. The molecular formula is C24H27FN2O3. The van der Waals surface area contributed by atoms with Crippen molar-refractivity contribution < 1.29 is 18.6 Å². The first-order valence-corrected chi connectivity index (χ1v) is 10.1. The number of rotatable bonds is 6. The third kappa shape index (κ3) is 3.75. The number of ether oxygens (including phenoxy) is 3. The van der Waals surface area contributed by atoms with Crippen molar-refractivity contribution in [1.29, 1.82) is 0 Å². The zero-order valence-electron chi connectivity index (χ0n) is 17.6. The summed E-state index contributed by atoms with van der Waals surface area (Å²) in [6, 6.07) is 14.9. The molecule has 4 rings (SSSR count). The summed E-state index contributed by atoms with van der Waals surface area (Å²) in [5.74, 6) is 1.66. The molecule has 30 heavy (non-hydrogen) atoms. The maximum atomic E-state index is 13.4. The van der Waals surface area contributed by atoms with Crippen molar-refractivity contribution in [3.8, 4) is 17.2 Å². The smallest absolute Gasteiger partial charge is 0.203 e. The van der Waals surface area contributed by atoms with Gasteiger partial charge < -0.3 is 18.8 Å². The van der Waals surface area contributed by atoms with E-state index in [2.05, 4.69) is 27.8 Å². The number of hydrogen-bond donors (Lipinski definition) is 0. The first-order chi connectivity index (χ1) is 14.7. The lowest BCUT2D eigenvalue weighted by atomic mass is 9.99. The molecule has 0 aliphatic carbocycles. The van der Waals surface area contributed by atoms with E-state index in [0.29, 0.717) is 23.8 Å². The molecule has 0 radical (unpaired) electrons. The van der Waals surface area contributed by atoms with E-state index in [-0.39, 0.29) is 11.9 Å². The maximum absolute atomic E-state index is 13.4. The first kappa shape index (κ1) is 20.3. The summed E-state index contributed by atoms with van der Waals surface area (Å²) in [7, 11) is 4.89. The Balaban J connectivity index is 1.83. The van der Waals surface area contributed by atoms with E-state index in [1.54, 1.807) is 21.3 Å². The second-order valence-corrected chi connectivity index (χ2v) is 7.40. The molecule has 1 aliphatic rings. The van der Waals surface area contributed by atoms with Crippen LogP contribution in [0.5, 0.6) is 17.2 Å². The normalized spacial score (nSPS) is 16.6. The number of fused-ring (bicyclic) bond motifs is 1. The summed E-state index contributed by atoms with van der Waals surface area (Å²) in [5.41, 5.74) is 3.28. The van der Waals surface area contributed by atoms with Crippen molar-refractivity contribution in [3.63, 3.8) is 0 Å². The fourth-order valence-corrected chi connectivity index (χ4v) is 4.33. The lowest BCUT2D eigenvalue weighted by Gasteiger charge is -2.32. The van der Waals surface area contributed by atoms with E-state index < -0.39 is 0 Å². The molecule has 0 bridgehead atoms. The van der Waals surface area contributed by atoms with E-state index >= 15 is 0 Å². The summed E-state index contributed by atoms with van der Waals surface area (Å²) in [6.07, 6.45) is 3.14. The molecule has 2 aromatic carbocycles. The summed E-state index contributed by atoms with van der Waals surface area (Å²) in [6.45, 7) is 2.56. The van der Waals surface area contributed by atoms with Crippen LogP contribution in [0, 0.1) is 5.82 Å². The zero-order valence-corrected chi connectivity index (χ0v) is 17.6. The van der Waals surface area contributed by atoms with Crippen LogP contribution in [0.15, 0.2) is 54.7 Å². The predicted octanol–water partition coefficient (Wildman–Crippen LogP) is 4.65. The molecule has 0 fully saturated rings. The SMILES string of the molecule is COc1ccc([C@H]2c3cccn3CCCN2Cc2ccc(F)cc2)c(OC)c1OC. The number of aromatic nitrogens is 1. The van der Waals surface area contributed by atoms with Crippen molar-refractivity contribution in [2.24, 2.45) is 0 Å². The van der Waals surface area contributed by atoms with Crippen LogP contribution >= 0.6 is 0 Å². The number of halogens is 1. The Hall–Kier alpha value is -2.99. The van der Waals surface area contributed by atoms with Crippen LogP contribution in [0.4, 0.5) is 4.39 Å². The van der Waals surface area contributed by atoms with Crippen LogP contribution in [-0.2, 0) is 13.1 Å². The summed E-state index contributed by atoms with van der Waals surface area (Å²) in [5, 5.41) is 0. The van der Waals surface area contributed by atoms with Crippen molar-refractivity contribution in [1.82, 2.24) is 9.47 Å². The van der Waals surface area contributed by atoms with Gasteiger partial charge in [-0.25, -0.2) is 4.39 Å². The molecule has 0 amide bonds. The standard InChI is InChI=1S/C24H27FN2O3/c1-28-21-12-11-19(23(29-2)24(21)30-3)22-20-6-4-13-26(20)14-5-15-27(22)16-17-7-9-18(25)10-8-17/h4,6-13,22H,5,14-16H2,1-3H3/t22-/m0/s1. The molecule has 0 spiro atoms. The fourth-order valence-electron chi connectivity index (χ4n) is 4.33. The second kappa shape index (κ2) is 8.79. The molecule has 1 aromatic heterocycles. The van der Waals surface area contributed by atoms with Crippen LogP contribution in [0.25, 0.3) is 0 Å². The van der Waals surface area contributed by atoms with Gasteiger partial charge >= 0.3 is 0 Å². The van der Waals surface area contributed by atoms with Crippen LogP contribution < -0.4 is 14.2 Å². The van der Waals surface area contributed by atoms with Gasteiger partial charge in [0.15, 0.2) is 11.5 Å². The predicted molar refractivity (Wildman–Crippen MR) is 114 cm³/mol. The Morgan fingerprint density at radius 2 is 1.67 bits per heavy atom. The van der Waals surface area contributed by atoms with Gasteiger partial charge in [0.1, 0.15) is 5.82 Å². The van der Waals surface area contributed by atoms with E-state index in [4.69, 9.17) is 14.2 Å². The molecule has 0 saturated heterocycles. The lowest BCUT2D eigenvalue weighted by molar-refractivity contribution is 0.214. The van der Waals surface area contributed by atoms with Gasteiger partial charge in [0.05, 0.1) is 27.4 Å². The van der Waals surface area contributed by atoms with Crippen LogP contribution in [0.2, 0.25) is 0 Å². The highest BCUT2D eigenvalue weighted by Gasteiger charge is 2.31. The van der Waals surface area contributed by atoms with Crippen LogP contribution in [-0.4, -0.2) is 37.3 Å². The summed E-state index contributed by atoms with van der Waals surface area (Å²) in [4.78, 5) is 2.41. The number of hydrogen-bond acceptors (Lipinski definition) is 4. The maximum Gasteiger partial charge on any atom is 0.203 e. The van der Waals surface area contributed by atoms with E-state index in [0.717, 1.165) is 30.6 Å². The van der Waals surface area contributed by atoms with Gasteiger partial charge in [0.25, 0.3) is 0 Å². The lowest BCUT2D eigenvalue weighted by Crippen LogP contribution is -2.30. The largest absolute Gasteiger partial charge is 0.493 e. The molecule has 3 aromatic rings. The number of aryl methyl sites for hydroxylation is 1. The third-order valence-corrected chi connectivity index (χ3v) is 5.68. The van der Waals surface area contributed by atoms with Crippen molar-refractivity contribution in [2.45, 2.75) is 25.6 Å². The first-order valence-electron chi connectivity index (χ1n) is 10.1. The molecule has 0 unspecified atom stereocenters.